The first kappa shape index (κ1) is 17.5. The Morgan fingerprint density at radius 1 is 1.32 bits per heavy atom. The first-order valence-corrected chi connectivity index (χ1v) is 10.4. The number of aliphatic hydroxyl groups is 1. The lowest BCUT2D eigenvalue weighted by atomic mass is 9.46. The summed E-state index contributed by atoms with van der Waals surface area (Å²) in [7, 11) is 0. The van der Waals surface area contributed by atoms with Crippen molar-refractivity contribution in [1.82, 2.24) is 0 Å². The lowest BCUT2D eigenvalue weighted by molar-refractivity contribution is -0.125. The van der Waals surface area contributed by atoms with Crippen LogP contribution in [0.1, 0.15) is 72.1 Å². The van der Waals surface area contributed by atoms with Gasteiger partial charge in [0, 0.05) is 6.42 Å². The van der Waals surface area contributed by atoms with Gasteiger partial charge in [-0.1, -0.05) is 37.1 Å². The van der Waals surface area contributed by atoms with Gasteiger partial charge in [0.2, 0.25) is 0 Å². The van der Waals surface area contributed by atoms with Crippen LogP contribution in [0.15, 0.2) is 23.3 Å². The maximum atomic E-state index is 11.3. The van der Waals surface area contributed by atoms with Crippen molar-refractivity contribution in [3.63, 3.8) is 0 Å². The second-order valence-corrected chi connectivity index (χ2v) is 9.76. The van der Waals surface area contributed by atoms with E-state index in [-0.39, 0.29) is 16.9 Å². The van der Waals surface area contributed by atoms with Crippen molar-refractivity contribution in [2.24, 2.45) is 34.5 Å². The average Bonchev–Trinajstić information content (AvgIpc) is 2.90. The Morgan fingerprint density at radius 2 is 2.12 bits per heavy atom. The fourth-order valence-electron chi connectivity index (χ4n) is 7.52. The average molecular weight is 343 g/mol. The second-order valence-electron chi connectivity index (χ2n) is 9.76. The minimum atomic E-state index is -0.209. The van der Waals surface area contributed by atoms with Crippen molar-refractivity contribution >= 4 is 6.29 Å². The molecule has 0 radical (unpaired) electrons. The lowest BCUT2D eigenvalue weighted by Crippen LogP contribution is -2.55. The minimum absolute atomic E-state index is 0.159. The monoisotopic (exact) mass is 342 g/mol. The molecule has 2 nitrogen and oxygen atoms in total. The number of fused-ring (bicyclic) bond motifs is 5. The molecule has 2 heteroatoms. The standard InChI is InChI=1S/C23H34O2/c1-4-15-9-11-22(2)17(13-15)5-7-18-19-8-6-16(10-12-24)23(19,3)14-20(25)21(18)22/h4-5,12,16,18-21,25H,6-11,13-14H2,1-3H3/t16-,18+,19+,20?,21-,22+,23-/m1/s1. The molecule has 3 fully saturated rings. The summed E-state index contributed by atoms with van der Waals surface area (Å²) in [6.45, 7) is 6.97. The summed E-state index contributed by atoms with van der Waals surface area (Å²) < 4.78 is 0. The van der Waals surface area contributed by atoms with Crippen LogP contribution in [0.25, 0.3) is 0 Å². The van der Waals surface area contributed by atoms with Gasteiger partial charge in [-0.15, -0.1) is 0 Å². The van der Waals surface area contributed by atoms with Gasteiger partial charge >= 0.3 is 0 Å². The fourth-order valence-corrected chi connectivity index (χ4v) is 7.52. The Morgan fingerprint density at radius 3 is 2.84 bits per heavy atom. The molecule has 0 spiro atoms. The van der Waals surface area contributed by atoms with Crippen LogP contribution in [0.3, 0.4) is 0 Å². The molecule has 1 unspecified atom stereocenters. The van der Waals surface area contributed by atoms with Crippen molar-refractivity contribution in [1.29, 1.82) is 0 Å². The van der Waals surface area contributed by atoms with Gasteiger partial charge in [0.05, 0.1) is 6.10 Å². The van der Waals surface area contributed by atoms with Crippen LogP contribution in [0.4, 0.5) is 0 Å². The lowest BCUT2D eigenvalue weighted by Gasteiger charge is -2.59. The van der Waals surface area contributed by atoms with E-state index in [1.54, 1.807) is 11.1 Å². The number of allylic oxidation sites excluding steroid dienone is 4. The minimum Gasteiger partial charge on any atom is -0.393 e. The third kappa shape index (κ3) is 2.43. The van der Waals surface area contributed by atoms with Gasteiger partial charge in [-0.3, -0.25) is 0 Å². The molecule has 0 aromatic carbocycles. The van der Waals surface area contributed by atoms with E-state index in [1.165, 1.54) is 25.7 Å². The molecule has 0 saturated heterocycles. The van der Waals surface area contributed by atoms with Gasteiger partial charge in [-0.25, -0.2) is 0 Å². The van der Waals surface area contributed by atoms with E-state index in [9.17, 15) is 9.90 Å². The summed E-state index contributed by atoms with van der Waals surface area (Å²) in [5.74, 6) is 2.18. The molecule has 4 rings (SSSR count). The fraction of sp³-hybridized carbons (Fsp3) is 0.783. The molecule has 138 valence electrons. The molecule has 4 aliphatic carbocycles. The number of hydrogen-bond donors (Lipinski definition) is 1. The Labute approximate surface area is 152 Å². The quantitative estimate of drug-likeness (QED) is 0.562. The van der Waals surface area contributed by atoms with Gasteiger partial charge in [0.15, 0.2) is 0 Å². The molecular formula is C23H34O2. The normalized spacial score (nSPS) is 50.6. The molecular weight excluding hydrogens is 308 g/mol. The van der Waals surface area contributed by atoms with Crippen molar-refractivity contribution in [2.45, 2.75) is 78.2 Å². The SMILES string of the molecule is CC=C1CC[C@@]2(C)C(=CC[C@H]3[C@@H]4CC[C@H](CC=O)[C@@]4(C)CC(O)[C@@H]32)C1. The number of carbonyl (C=O) groups excluding carboxylic acids is 1. The maximum absolute atomic E-state index is 11.3. The van der Waals surface area contributed by atoms with E-state index in [1.807, 2.05) is 0 Å². The predicted molar refractivity (Wildman–Crippen MR) is 101 cm³/mol. The number of aliphatic hydroxyl groups excluding tert-OH is 1. The summed E-state index contributed by atoms with van der Waals surface area (Å²) in [5.41, 5.74) is 3.51. The topological polar surface area (TPSA) is 37.3 Å². The van der Waals surface area contributed by atoms with Crippen LogP contribution in [-0.4, -0.2) is 17.5 Å². The van der Waals surface area contributed by atoms with E-state index in [0.29, 0.717) is 30.1 Å². The van der Waals surface area contributed by atoms with E-state index in [2.05, 4.69) is 32.9 Å². The molecule has 4 aliphatic rings. The maximum Gasteiger partial charge on any atom is 0.120 e. The van der Waals surface area contributed by atoms with Crippen LogP contribution in [-0.2, 0) is 4.79 Å². The second kappa shape index (κ2) is 6.08. The summed E-state index contributed by atoms with van der Waals surface area (Å²) in [6.07, 6.45) is 14.4. The van der Waals surface area contributed by atoms with Crippen molar-refractivity contribution < 1.29 is 9.90 Å². The smallest absolute Gasteiger partial charge is 0.120 e. The Bertz CT molecular complexity index is 618. The molecule has 25 heavy (non-hydrogen) atoms. The predicted octanol–water partition coefficient (Wildman–Crippen LogP) is 5.07. The summed E-state index contributed by atoms with van der Waals surface area (Å²) in [6, 6.07) is 0. The Kier molecular flexibility index (Phi) is 4.26. The largest absolute Gasteiger partial charge is 0.393 e. The van der Waals surface area contributed by atoms with E-state index >= 15 is 0 Å². The molecule has 0 aliphatic heterocycles. The number of hydrogen-bond acceptors (Lipinski definition) is 2. The van der Waals surface area contributed by atoms with Crippen LogP contribution in [0.5, 0.6) is 0 Å². The third-order valence-corrected chi connectivity index (χ3v) is 8.93. The van der Waals surface area contributed by atoms with Gasteiger partial charge in [-0.05, 0) is 86.4 Å². The highest BCUT2D eigenvalue weighted by Gasteiger charge is 2.61. The van der Waals surface area contributed by atoms with Crippen molar-refractivity contribution in [3.05, 3.63) is 23.3 Å². The Balaban J connectivity index is 1.69. The zero-order chi connectivity index (χ0) is 17.8. The summed E-state index contributed by atoms with van der Waals surface area (Å²) in [5, 5.41) is 11.3. The van der Waals surface area contributed by atoms with Crippen LogP contribution < -0.4 is 0 Å². The molecule has 0 amide bonds. The van der Waals surface area contributed by atoms with Crippen molar-refractivity contribution in [2.75, 3.05) is 0 Å². The summed E-state index contributed by atoms with van der Waals surface area (Å²) in [4.78, 5) is 11.2. The van der Waals surface area contributed by atoms with Crippen LogP contribution in [0.2, 0.25) is 0 Å². The van der Waals surface area contributed by atoms with E-state index < -0.39 is 0 Å². The number of carbonyl (C=O) groups is 1. The van der Waals surface area contributed by atoms with Gasteiger partial charge < -0.3 is 9.90 Å². The summed E-state index contributed by atoms with van der Waals surface area (Å²) >= 11 is 0. The first-order valence-electron chi connectivity index (χ1n) is 10.4. The molecule has 7 atom stereocenters. The van der Waals surface area contributed by atoms with Gasteiger partial charge in [0.25, 0.3) is 0 Å². The molecule has 0 bridgehead atoms. The van der Waals surface area contributed by atoms with E-state index in [0.717, 1.165) is 25.5 Å². The van der Waals surface area contributed by atoms with Crippen molar-refractivity contribution in [3.8, 4) is 0 Å². The Hall–Kier alpha value is -0.890. The molecule has 0 aromatic heterocycles. The first-order chi connectivity index (χ1) is 11.9. The van der Waals surface area contributed by atoms with E-state index in [4.69, 9.17) is 0 Å². The molecule has 0 aromatic rings. The zero-order valence-electron chi connectivity index (χ0n) is 16.1. The van der Waals surface area contributed by atoms with Crippen LogP contribution >= 0.6 is 0 Å². The molecule has 3 saturated carbocycles. The highest BCUT2D eigenvalue weighted by molar-refractivity contribution is 5.50. The highest BCUT2D eigenvalue weighted by Crippen LogP contribution is 2.66. The highest BCUT2D eigenvalue weighted by atomic mass is 16.3. The third-order valence-electron chi connectivity index (χ3n) is 8.93. The van der Waals surface area contributed by atoms with Crippen LogP contribution in [0, 0.1) is 34.5 Å². The van der Waals surface area contributed by atoms with Gasteiger partial charge in [-0.2, -0.15) is 0 Å². The zero-order valence-corrected chi connectivity index (χ0v) is 16.1. The number of aldehydes is 1. The molecule has 0 heterocycles. The number of rotatable bonds is 2. The molecule has 1 N–H and O–H groups in total. The van der Waals surface area contributed by atoms with Gasteiger partial charge in [0.1, 0.15) is 6.29 Å².